The quantitative estimate of drug-likeness (QED) is 0.170. The van der Waals surface area contributed by atoms with Crippen LogP contribution in [0.4, 0.5) is 55.6 Å². The van der Waals surface area contributed by atoms with Gasteiger partial charge in [0.2, 0.25) is 5.95 Å². The third-order valence-corrected chi connectivity index (χ3v) is 6.96. The first-order chi connectivity index (χ1) is 19.6. The Bertz CT molecular complexity index is 1760. The molecule has 0 aliphatic heterocycles. The number of benzene rings is 3. The summed E-state index contributed by atoms with van der Waals surface area (Å²) in [6.07, 6.45) is -1.99. The largest absolute Gasteiger partial charge is 0.416 e. The van der Waals surface area contributed by atoms with Gasteiger partial charge in [-0.1, -0.05) is 12.1 Å². The number of nitrogens with zero attached hydrogens (tertiary/aromatic N) is 3. The highest BCUT2D eigenvalue weighted by Gasteiger charge is 2.31. The number of hydrogen-bond acceptors (Lipinski definition) is 7. The Labute approximate surface area is 237 Å². The summed E-state index contributed by atoms with van der Waals surface area (Å²) in [4.78, 5) is 23.1. The lowest BCUT2D eigenvalue weighted by Gasteiger charge is -2.18. The Morgan fingerprint density at radius 2 is 1.67 bits per heavy atom. The molecule has 42 heavy (non-hydrogen) atoms. The van der Waals surface area contributed by atoms with Gasteiger partial charge >= 0.3 is 12.2 Å². The minimum Gasteiger partial charge on any atom is -0.362 e. The number of alkyl halides is 3. The van der Waals surface area contributed by atoms with Crippen LogP contribution in [-0.4, -0.2) is 40.6 Å². The summed E-state index contributed by atoms with van der Waals surface area (Å²) >= 11 is 0. The molecule has 0 bridgehead atoms. The van der Waals surface area contributed by atoms with Crippen molar-refractivity contribution in [1.29, 1.82) is 4.78 Å². The van der Waals surface area contributed by atoms with E-state index in [9.17, 15) is 31.0 Å². The van der Waals surface area contributed by atoms with Crippen LogP contribution in [0.25, 0.3) is 11.1 Å². The maximum Gasteiger partial charge on any atom is 0.416 e. The minimum atomic E-state index is -4.75. The summed E-state index contributed by atoms with van der Waals surface area (Å²) in [6, 6.07) is 10.7. The van der Waals surface area contributed by atoms with Crippen LogP contribution < -0.4 is 20.9 Å². The molecule has 0 aliphatic rings. The molecule has 0 radical (unpaired) electrons. The summed E-state index contributed by atoms with van der Waals surface area (Å²) in [5.41, 5.74) is -0.909. The van der Waals surface area contributed by atoms with Crippen molar-refractivity contribution < 1.29 is 31.0 Å². The van der Waals surface area contributed by atoms with Crippen molar-refractivity contribution in [3.05, 3.63) is 84.1 Å². The van der Waals surface area contributed by atoms with E-state index in [0.29, 0.717) is 45.7 Å². The third kappa shape index (κ3) is 7.09. The summed E-state index contributed by atoms with van der Waals surface area (Å²) in [5.74, 6) is -1.39. The van der Waals surface area contributed by atoms with Crippen molar-refractivity contribution in [2.75, 3.05) is 41.2 Å². The zero-order chi connectivity index (χ0) is 30.8. The monoisotopic (exact) mass is 605 g/mol. The Balaban J connectivity index is 1.54. The Kier molecular flexibility index (Phi) is 8.33. The molecule has 0 fully saturated rings. The van der Waals surface area contributed by atoms with E-state index in [1.165, 1.54) is 24.6 Å². The number of carbonyl (C=O) groups is 1. The van der Waals surface area contributed by atoms with Gasteiger partial charge in [0, 0.05) is 42.7 Å². The van der Waals surface area contributed by atoms with E-state index in [4.69, 9.17) is 4.78 Å². The molecule has 4 aromatic rings. The lowest BCUT2D eigenvalue weighted by atomic mass is 10.1. The average Bonchev–Trinajstić information content (AvgIpc) is 2.90. The normalized spacial score (nSPS) is 12.8. The van der Waals surface area contributed by atoms with Crippen LogP contribution in [0.2, 0.25) is 0 Å². The molecule has 0 saturated heterocycles. The van der Waals surface area contributed by atoms with Gasteiger partial charge in [0.15, 0.2) is 0 Å². The predicted molar refractivity (Wildman–Crippen MR) is 151 cm³/mol. The van der Waals surface area contributed by atoms with Gasteiger partial charge in [-0.15, -0.1) is 0 Å². The van der Waals surface area contributed by atoms with Gasteiger partial charge in [0.25, 0.3) is 0 Å². The van der Waals surface area contributed by atoms with Crippen LogP contribution in [0, 0.1) is 16.4 Å². The highest BCUT2D eigenvalue weighted by atomic mass is 32.2. The molecular formula is C27H24F5N7O2S. The maximum absolute atomic E-state index is 15.0. The molecule has 15 heteroatoms. The second-order valence-corrected chi connectivity index (χ2v) is 11.4. The van der Waals surface area contributed by atoms with E-state index < -0.39 is 44.8 Å². The number of amides is 2. The van der Waals surface area contributed by atoms with Crippen molar-refractivity contribution in [3.8, 4) is 11.1 Å². The predicted octanol–water partition coefficient (Wildman–Crippen LogP) is 6.93. The zero-order valence-corrected chi connectivity index (χ0v) is 23.1. The van der Waals surface area contributed by atoms with Crippen molar-refractivity contribution in [1.82, 2.24) is 9.97 Å². The first kappa shape index (κ1) is 30.2. The molecule has 1 aromatic heterocycles. The van der Waals surface area contributed by atoms with Crippen LogP contribution in [0.3, 0.4) is 0 Å². The number of halogens is 5. The third-order valence-electron chi connectivity index (χ3n) is 5.80. The summed E-state index contributed by atoms with van der Waals surface area (Å²) < 4.78 is 87.6. The lowest BCUT2D eigenvalue weighted by Crippen LogP contribution is -2.21. The molecule has 220 valence electrons. The van der Waals surface area contributed by atoms with Gasteiger partial charge in [-0.3, -0.25) is 0 Å². The molecule has 1 heterocycles. The first-order valence-corrected chi connectivity index (χ1v) is 14.0. The Hall–Kier alpha value is -4.79. The molecular weight excluding hydrogens is 581 g/mol. The van der Waals surface area contributed by atoms with Crippen LogP contribution in [0.1, 0.15) is 5.56 Å². The SMILES string of the molecule is CN(C)c1nc(Nc2cccc(S(C)(=N)=O)c2)ncc1-c1ccc(NC(=O)Nc2cc(C(F)(F)F)ccc2F)c(F)c1. The molecule has 0 saturated carbocycles. The van der Waals surface area contributed by atoms with Gasteiger partial charge in [-0.25, -0.2) is 27.5 Å². The number of carbonyl (C=O) groups excluding carboxylic acids is 1. The minimum absolute atomic E-state index is 0.185. The molecule has 0 spiro atoms. The van der Waals surface area contributed by atoms with Crippen LogP contribution >= 0.6 is 0 Å². The second kappa shape index (κ2) is 11.6. The number of anilines is 5. The molecule has 3 aromatic carbocycles. The highest BCUT2D eigenvalue weighted by molar-refractivity contribution is 7.91. The van der Waals surface area contributed by atoms with Crippen LogP contribution in [0.5, 0.6) is 0 Å². The Morgan fingerprint density at radius 3 is 2.31 bits per heavy atom. The van der Waals surface area contributed by atoms with Gasteiger partial charge < -0.3 is 20.9 Å². The summed E-state index contributed by atoms with van der Waals surface area (Å²) in [7, 11) is 0.494. The van der Waals surface area contributed by atoms with Crippen molar-refractivity contribution in [2.24, 2.45) is 0 Å². The Morgan fingerprint density at radius 1 is 0.952 bits per heavy atom. The second-order valence-electron chi connectivity index (χ2n) is 9.29. The fourth-order valence-electron chi connectivity index (χ4n) is 3.78. The van der Waals surface area contributed by atoms with Crippen LogP contribution in [0.15, 0.2) is 71.8 Å². The number of rotatable bonds is 7. The topological polar surface area (TPSA) is 123 Å². The molecule has 2 amide bonds. The van der Waals surface area contributed by atoms with E-state index in [-0.39, 0.29) is 11.6 Å². The standard InChI is InChI=1S/C27H24F5N7O2S/c1-39(2)24-19(14-34-25(38-24)35-17-5-4-6-18(13-17)42(3,33)41)15-7-10-22(21(29)11-15)36-26(40)37-23-12-16(27(30,31)32)8-9-20(23)28/h4-14,33H,1-3H3,(H,34,35,38)(H2,36,37,40). The van der Waals surface area contributed by atoms with E-state index >= 15 is 0 Å². The molecule has 4 rings (SSSR count). The first-order valence-electron chi connectivity index (χ1n) is 12.0. The fourth-order valence-corrected chi connectivity index (χ4v) is 4.47. The van der Waals surface area contributed by atoms with Crippen molar-refractivity contribution >= 4 is 44.6 Å². The summed E-state index contributed by atoms with van der Waals surface area (Å²) in [6.45, 7) is 0. The van der Waals surface area contributed by atoms with E-state index in [1.54, 1.807) is 43.3 Å². The number of nitrogens with one attached hydrogen (secondary N) is 4. The van der Waals surface area contributed by atoms with Gasteiger partial charge in [0.1, 0.15) is 17.5 Å². The van der Waals surface area contributed by atoms with Gasteiger partial charge in [-0.05, 0) is 54.1 Å². The van der Waals surface area contributed by atoms with Crippen LogP contribution in [-0.2, 0) is 15.9 Å². The van der Waals surface area contributed by atoms with Gasteiger partial charge in [0.05, 0.1) is 26.7 Å². The number of aromatic nitrogens is 2. The van der Waals surface area contributed by atoms with E-state index in [0.717, 1.165) is 6.07 Å². The highest BCUT2D eigenvalue weighted by Crippen LogP contribution is 2.33. The van der Waals surface area contributed by atoms with Gasteiger partial charge in [-0.2, -0.15) is 18.2 Å². The molecule has 1 unspecified atom stereocenters. The number of hydrogen-bond donors (Lipinski definition) is 4. The maximum atomic E-state index is 15.0. The molecule has 0 aliphatic carbocycles. The average molecular weight is 606 g/mol. The molecule has 9 nitrogen and oxygen atoms in total. The van der Waals surface area contributed by atoms with Crippen molar-refractivity contribution in [2.45, 2.75) is 11.1 Å². The molecule has 4 N–H and O–H groups in total. The fraction of sp³-hybridized carbons (Fsp3) is 0.148. The number of urea groups is 1. The van der Waals surface area contributed by atoms with E-state index in [1.807, 2.05) is 5.32 Å². The van der Waals surface area contributed by atoms with Crippen molar-refractivity contribution in [3.63, 3.8) is 0 Å². The molecule has 1 atom stereocenters. The smallest absolute Gasteiger partial charge is 0.362 e. The summed E-state index contributed by atoms with van der Waals surface area (Å²) in [5, 5.41) is 7.10. The zero-order valence-electron chi connectivity index (χ0n) is 22.3. The van der Waals surface area contributed by atoms with E-state index in [2.05, 4.69) is 20.6 Å². The lowest BCUT2D eigenvalue weighted by molar-refractivity contribution is -0.137.